The summed E-state index contributed by atoms with van der Waals surface area (Å²) >= 11 is 0. The molecule has 1 aliphatic rings. The highest BCUT2D eigenvalue weighted by atomic mass is 32.2. The number of aliphatic imine (C=N–C) groups is 1. The number of nitrogens with zero attached hydrogens (tertiary/aromatic N) is 3. The van der Waals surface area contributed by atoms with Crippen LogP contribution in [0.3, 0.4) is 0 Å². The van der Waals surface area contributed by atoms with E-state index in [1.807, 2.05) is 32.9 Å². The third kappa shape index (κ3) is 5.95. The van der Waals surface area contributed by atoms with E-state index in [4.69, 9.17) is 4.74 Å². The van der Waals surface area contributed by atoms with Crippen LogP contribution < -0.4 is 5.32 Å². The number of rotatable bonds is 7. The zero-order valence-electron chi connectivity index (χ0n) is 18.6. The van der Waals surface area contributed by atoms with Gasteiger partial charge in [-0.15, -0.1) is 0 Å². The molecule has 30 heavy (non-hydrogen) atoms. The first kappa shape index (κ1) is 24.1. The zero-order chi connectivity index (χ0) is 22.3. The number of sulfonamides is 1. The van der Waals surface area contributed by atoms with E-state index >= 15 is 0 Å². The molecule has 1 aliphatic heterocycles. The monoisotopic (exact) mass is 438 g/mol. The molecule has 1 heterocycles. The minimum atomic E-state index is -3.48. The molecule has 0 amide bonds. The van der Waals surface area contributed by atoms with Crippen LogP contribution in [0, 0.1) is 5.92 Å². The Morgan fingerprint density at radius 1 is 1.27 bits per heavy atom. The Kier molecular flexibility index (Phi) is 8.66. The summed E-state index contributed by atoms with van der Waals surface area (Å²) in [5.74, 6) is 0.615. The topological polar surface area (TPSA) is 91.3 Å². The summed E-state index contributed by atoms with van der Waals surface area (Å²) in [6.45, 7) is 7.93. The number of ether oxygens (including phenoxy) is 1. The molecule has 1 N–H and O–H groups in total. The molecule has 1 aromatic carbocycles. The molecule has 0 unspecified atom stereocenters. The van der Waals surface area contributed by atoms with Crippen LogP contribution in [0.2, 0.25) is 0 Å². The fourth-order valence-electron chi connectivity index (χ4n) is 3.32. The van der Waals surface area contributed by atoms with Gasteiger partial charge in [0.2, 0.25) is 10.0 Å². The van der Waals surface area contributed by atoms with Crippen molar-refractivity contribution in [2.45, 2.75) is 51.1 Å². The summed E-state index contributed by atoms with van der Waals surface area (Å²) in [7, 11) is -0.160. The number of likely N-dealkylation sites (tertiary alicyclic amines) is 1. The van der Waals surface area contributed by atoms with Crippen LogP contribution in [0.1, 0.15) is 39.2 Å². The minimum absolute atomic E-state index is 0.0437. The first-order chi connectivity index (χ1) is 14.2. The summed E-state index contributed by atoms with van der Waals surface area (Å²) in [5.41, 5.74) is 0.962. The van der Waals surface area contributed by atoms with Crippen molar-refractivity contribution >= 4 is 22.0 Å². The summed E-state index contributed by atoms with van der Waals surface area (Å²) in [6, 6.07) is 6.80. The number of hydrogen-bond donors (Lipinski definition) is 1. The highest BCUT2D eigenvalue weighted by Crippen LogP contribution is 2.19. The van der Waals surface area contributed by atoms with Gasteiger partial charge in [-0.2, -0.15) is 4.31 Å². The Hall–Kier alpha value is -2.13. The predicted molar refractivity (Wildman–Crippen MR) is 118 cm³/mol. The van der Waals surface area contributed by atoms with E-state index in [0.717, 1.165) is 37.5 Å². The maximum atomic E-state index is 12.6. The van der Waals surface area contributed by atoms with Crippen LogP contribution in [0.5, 0.6) is 0 Å². The summed E-state index contributed by atoms with van der Waals surface area (Å²) < 4.78 is 31.6. The summed E-state index contributed by atoms with van der Waals surface area (Å²) in [5, 5.41) is 3.32. The van der Waals surface area contributed by atoms with Gasteiger partial charge in [-0.25, -0.2) is 8.42 Å². The van der Waals surface area contributed by atoms with E-state index in [1.54, 1.807) is 26.2 Å². The van der Waals surface area contributed by atoms with Crippen molar-refractivity contribution < 1.29 is 17.9 Å². The highest BCUT2D eigenvalue weighted by molar-refractivity contribution is 7.89. The van der Waals surface area contributed by atoms with Gasteiger partial charge in [0.1, 0.15) is 0 Å². The second kappa shape index (κ2) is 10.8. The molecular weight excluding hydrogens is 404 g/mol. The number of esters is 1. The Balaban J connectivity index is 1.92. The minimum Gasteiger partial charge on any atom is -0.466 e. The molecule has 0 spiro atoms. The number of carbonyl (C=O) groups excluding carboxylic acids is 1. The van der Waals surface area contributed by atoms with Crippen LogP contribution in [-0.4, -0.2) is 69.4 Å². The van der Waals surface area contributed by atoms with Gasteiger partial charge in [0.05, 0.1) is 17.4 Å². The predicted octanol–water partition coefficient (Wildman–Crippen LogP) is 2.07. The first-order valence-corrected chi connectivity index (χ1v) is 11.8. The molecule has 0 atom stereocenters. The molecule has 0 aliphatic carbocycles. The van der Waals surface area contributed by atoms with Crippen molar-refractivity contribution in [3.63, 3.8) is 0 Å². The third-order valence-corrected chi connectivity index (χ3v) is 7.45. The normalized spacial score (nSPS) is 16.2. The molecule has 2 rings (SSSR count). The van der Waals surface area contributed by atoms with Crippen LogP contribution >= 0.6 is 0 Å². The lowest BCUT2D eigenvalue weighted by Crippen LogP contribution is -2.46. The van der Waals surface area contributed by atoms with Crippen LogP contribution in [-0.2, 0) is 26.1 Å². The van der Waals surface area contributed by atoms with E-state index in [2.05, 4.69) is 15.2 Å². The van der Waals surface area contributed by atoms with Crippen LogP contribution in [0.15, 0.2) is 34.2 Å². The number of hydrogen-bond acceptors (Lipinski definition) is 5. The maximum absolute atomic E-state index is 12.6. The maximum Gasteiger partial charge on any atom is 0.309 e. The Morgan fingerprint density at radius 3 is 2.37 bits per heavy atom. The average Bonchev–Trinajstić information content (AvgIpc) is 2.74. The number of nitrogens with one attached hydrogen (secondary N) is 1. The second-order valence-electron chi connectivity index (χ2n) is 7.67. The van der Waals surface area contributed by atoms with Gasteiger partial charge in [0.25, 0.3) is 0 Å². The molecule has 9 heteroatoms. The lowest BCUT2D eigenvalue weighted by Gasteiger charge is -2.33. The SMILES string of the molecule is CCOC(=O)C1CCN(C(=NC)NCc2ccc(S(=O)(=O)N(C)C(C)C)cc2)CC1. The molecular formula is C21H34N4O4S. The fourth-order valence-corrected chi connectivity index (χ4v) is 4.69. The molecule has 168 valence electrons. The molecule has 1 saturated heterocycles. The van der Waals surface area contributed by atoms with E-state index in [0.29, 0.717) is 13.2 Å². The Morgan fingerprint density at radius 2 is 1.87 bits per heavy atom. The van der Waals surface area contributed by atoms with Crippen molar-refractivity contribution in [2.24, 2.45) is 10.9 Å². The third-order valence-electron chi connectivity index (χ3n) is 5.40. The molecule has 0 saturated carbocycles. The fraction of sp³-hybridized carbons (Fsp3) is 0.619. The number of piperidine rings is 1. The van der Waals surface area contributed by atoms with Crippen molar-refractivity contribution in [1.82, 2.24) is 14.5 Å². The van der Waals surface area contributed by atoms with Gasteiger partial charge < -0.3 is 15.0 Å². The smallest absolute Gasteiger partial charge is 0.309 e. The van der Waals surface area contributed by atoms with E-state index in [1.165, 1.54) is 4.31 Å². The number of benzene rings is 1. The molecule has 1 aromatic rings. The highest BCUT2D eigenvalue weighted by Gasteiger charge is 2.27. The quantitative estimate of drug-likeness (QED) is 0.398. The Bertz CT molecular complexity index is 829. The number of guanidine groups is 1. The van der Waals surface area contributed by atoms with E-state index < -0.39 is 10.0 Å². The standard InChI is InChI=1S/C21H34N4O4S/c1-6-29-20(26)18-11-13-25(14-12-18)21(22-4)23-15-17-7-9-19(10-8-17)30(27,28)24(5)16(2)3/h7-10,16,18H,6,11-15H2,1-5H3,(H,22,23). The average molecular weight is 439 g/mol. The summed E-state index contributed by atoms with van der Waals surface area (Å²) in [6.07, 6.45) is 1.49. The van der Waals surface area contributed by atoms with Crippen molar-refractivity contribution in [2.75, 3.05) is 33.8 Å². The molecule has 0 radical (unpaired) electrons. The van der Waals surface area contributed by atoms with Gasteiger partial charge in [0, 0.05) is 39.8 Å². The lowest BCUT2D eigenvalue weighted by molar-refractivity contribution is -0.149. The van der Waals surface area contributed by atoms with E-state index in [9.17, 15) is 13.2 Å². The van der Waals surface area contributed by atoms with Gasteiger partial charge >= 0.3 is 5.97 Å². The lowest BCUT2D eigenvalue weighted by atomic mass is 9.97. The molecule has 0 aromatic heterocycles. The summed E-state index contributed by atoms with van der Waals surface area (Å²) in [4.78, 5) is 18.7. The van der Waals surface area contributed by atoms with Crippen LogP contribution in [0.25, 0.3) is 0 Å². The van der Waals surface area contributed by atoms with E-state index in [-0.39, 0.29) is 22.8 Å². The van der Waals surface area contributed by atoms with Gasteiger partial charge in [0.15, 0.2) is 5.96 Å². The van der Waals surface area contributed by atoms with Crippen molar-refractivity contribution in [3.05, 3.63) is 29.8 Å². The zero-order valence-corrected chi connectivity index (χ0v) is 19.4. The van der Waals surface area contributed by atoms with Crippen LogP contribution in [0.4, 0.5) is 0 Å². The van der Waals surface area contributed by atoms with Crippen molar-refractivity contribution in [3.8, 4) is 0 Å². The number of carbonyl (C=O) groups is 1. The second-order valence-corrected chi connectivity index (χ2v) is 9.67. The molecule has 8 nitrogen and oxygen atoms in total. The molecule has 0 bridgehead atoms. The van der Waals surface area contributed by atoms with Crippen molar-refractivity contribution in [1.29, 1.82) is 0 Å². The first-order valence-electron chi connectivity index (χ1n) is 10.4. The van der Waals surface area contributed by atoms with Gasteiger partial charge in [-0.1, -0.05) is 12.1 Å². The Labute approximate surface area is 180 Å². The van der Waals surface area contributed by atoms with Gasteiger partial charge in [-0.3, -0.25) is 9.79 Å². The molecule has 1 fully saturated rings. The largest absolute Gasteiger partial charge is 0.466 e. The van der Waals surface area contributed by atoms with Gasteiger partial charge in [-0.05, 0) is 51.3 Å².